The monoisotopic (exact) mass is 434 g/mol. The largest absolute Gasteiger partial charge is 0.352 e. The molecular weight excluding hydrogens is 415 g/mol. The molecule has 2 aromatic rings. The molecule has 0 unspecified atom stereocenters. The van der Waals surface area contributed by atoms with E-state index in [1.165, 1.54) is 0 Å². The number of halogens is 2. The molecule has 0 saturated heterocycles. The van der Waals surface area contributed by atoms with Gasteiger partial charge in [0, 0.05) is 25.7 Å². The highest BCUT2D eigenvalue weighted by Crippen LogP contribution is 2.09. The molecule has 2 rings (SSSR count). The summed E-state index contributed by atoms with van der Waals surface area (Å²) in [6.07, 6.45) is 0. The molecule has 0 saturated carbocycles. The van der Waals surface area contributed by atoms with Crippen LogP contribution in [0.3, 0.4) is 0 Å². The summed E-state index contributed by atoms with van der Waals surface area (Å²) in [5.74, 6) is 2.46. The zero-order chi connectivity index (χ0) is 15.2. The zero-order valence-corrected chi connectivity index (χ0v) is 15.9. The standard InChI is InChI=1S/C14H19ClN6.HI/c1-10-19-20-13(21(10)3)9-18-14(16-2)17-8-11-4-6-12(15)7-5-11;/h4-7H,8-9H2,1-3H3,(H2,16,17,18);1H. The summed E-state index contributed by atoms with van der Waals surface area (Å²) in [7, 11) is 3.68. The van der Waals surface area contributed by atoms with E-state index in [-0.39, 0.29) is 24.0 Å². The summed E-state index contributed by atoms with van der Waals surface area (Å²) in [4.78, 5) is 4.18. The van der Waals surface area contributed by atoms with Gasteiger partial charge in [0.15, 0.2) is 11.8 Å². The molecule has 1 heterocycles. The van der Waals surface area contributed by atoms with Gasteiger partial charge in [0.1, 0.15) is 5.82 Å². The van der Waals surface area contributed by atoms with Gasteiger partial charge in [-0.3, -0.25) is 4.99 Å². The molecule has 1 aromatic carbocycles. The third-order valence-corrected chi connectivity index (χ3v) is 3.45. The fourth-order valence-corrected chi connectivity index (χ4v) is 1.90. The normalized spacial score (nSPS) is 11.0. The highest BCUT2D eigenvalue weighted by Gasteiger charge is 2.05. The van der Waals surface area contributed by atoms with Crippen LogP contribution in [-0.4, -0.2) is 27.8 Å². The minimum absolute atomic E-state index is 0. The van der Waals surface area contributed by atoms with Crippen molar-refractivity contribution in [2.24, 2.45) is 12.0 Å². The molecule has 0 bridgehead atoms. The molecule has 0 aliphatic carbocycles. The van der Waals surface area contributed by atoms with Gasteiger partial charge in [-0.05, 0) is 24.6 Å². The molecule has 0 atom stereocenters. The number of nitrogens with one attached hydrogen (secondary N) is 2. The molecule has 6 nitrogen and oxygen atoms in total. The second-order valence-corrected chi connectivity index (χ2v) is 5.06. The number of benzene rings is 1. The number of aliphatic imine (C=N–C) groups is 1. The maximum absolute atomic E-state index is 5.86. The SMILES string of the molecule is CN=C(NCc1ccc(Cl)cc1)NCc1nnc(C)n1C.I. The number of guanidine groups is 1. The number of aromatic nitrogens is 3. The van der Waals surface area contributed by atoms with Crippen LogP contribution in [0.4, 0.5) is 0 Å². The Balaban J connectivity index is 0.00000242. The van der Waals surface area contributed by atoms with Crippen molar-refractivity contribution in [2.75, 3.05) is 7.05 Å². The molecule has 0 spiro atoms. The fourth-order valence-electron chi connectivity index (χ4n) is 1.78. The van der Waals surface area contributed by atoms with Gasteiger partial charge in [0.2, 0.25) is 0 Å². The quantitative estimate of drug-likeness (QED) is 0.440. The van der Waals surface area contributed by atoms with Crippen LogP contribution in [0.25, 0.3) is 0 Å². The Morgan fingerprint density at radius 3 is 2.36 bits per heavy atom. The molecule has 2 N–H and O–H groups in total. The smallest absolute Gasteiger partial charge is 0.191 e. The van der Waals surface area contributed by atoms with Crippen molar-refractivity contribution in [1.82, 2.24) is 25.4 Å². The average molecular weight is 435 g/mol. The van der Waals surface area contributed by atoms with E-state index in [0.29, 0.717) is 19.0 Å². The van der Waals surface area contributed by atoms with Crippen molar-refractivity contribution >= 4 is 41.5 Å². The van der Waals surface area contributed by atoms with Crippen molar-refractivity contribution in [3.8, 4) is 0 Å². The summed E-state index contributed by atoms with van der Waals surface area (Å²) in [6, 6.07) is 7.71. The van der Waals surface area contributed by atoms with E-state index in [1.807, 2.05) is 42.8 Å². The minimum Gasteiger partial charge on any atom is -0.352 e. The Bertz CT molecular complexity index is 623. The van der Waals surface area contributed by atoms with Gasteiger partial charge in [0.25, 0.3) is 0 Å². The van der Waals surface area contributed by atoms with Crippen LogP contribution in [0.1, 0.15) is 17.2 Å². The van der Waals surface area contributed by atoms with E-state index in [0.717, 1.165) is 22.2 Å². The Kier molecular flexibility index (Phi) is 7.60. The van der Waals surface area contributed by atoms with Gasteiger partial charge in [0.05, 0.1) is 6.54 Å². The summed E-state index contributed by atoms with van der Waals surface area (Å²) in [5.41, 5.74) is 1.14. The first kappa shape index (κ1) is 18.7. The molecule has 0 aliphatic rings. The number of hydrogen-bond acceptors (Lipinski definition) is 3. The molecule has 8 heteroatoms. The van der Waals surface area contributed by atoms with Crippen LogP contribution in [-0.2, 0) is 20.1 Å². The third-order valence-electron chi connectivity index (χ3n) is 3.19. The number of nitrogens with zero attached hydrogens (tertiary/aromatic N) is 4. The fraction of sp³-hybridized carbons (Fsp3) is 0.357. The average Bonchev–Trinajstić information content (AvgIpc) is 2.81. The van der Waals surface area contributed by atoms with E-state index in [4.69, 9.17) is 11.6 Å². The highest BCUT2D eigenvalue weighted by atomic mass is 127. The molecule has 0 radical (unpaired) electrons. The summed E-state index contributed by atoms with van der Waals surface area (Å²) >= 11 is 5.86. The number of hydrogen-bond donors (Lipinski definition) is 2. The minimum atomic E-state index is 0. The van der Waals surface area contributed by atoms with Gasteiger partial charge >= 0.3 is 0 Å². The number of rotatable bonds is 4. The number of aryl methyl sites for hydroxylation is 1. The van der Waals surface area contributed by atoms with Gasteiger partial charge in [-0.15, -0.1) is 34.2 Å². The molecule has 1 aromatic heterocycles. The van der Waals surface area contributed by atoms with E-state index in [1.54, 1.807) is 7.05 Å². The lowest BCUT2D eigenvalue weighted by Gasteiger charge is -2.11. The summed E-state index contributed by atoms with van der Waals surface area (Å²) in [5, 5.41) is 15.3. The second kappa shape index (κ2) is 8.94. The van der Waals surface area contributed by atoms with Crippen molar-refractivity contribution < 1.29 is 0 Å². The lowest BCUT2D eigenvalue weighted by molar-refractivity contribution is 0.717. The first-order chi connectivity index (χ1) is 10.1. The van der Waals surface area contributed by atoms with Crippen LogP contribution < -0.4 is 10.6 Å². The van der Waals surface area contributed by atoms with E-state index in [9.17, 15) is 0 Å². The Labute approximate surface area is 152 Å². The highest BCUT2D eigenvalue weighted by molar-refractivity contribution is 14.0. The van der Waals surface area contributed by atoms with Crippen molar-refractivity contribution in [3.05, 3.63) is 46.5 Å². The van der Waals surface area contributed by atoms with Crippen LogP contribution in [0.5, 0.6) is 0 Å². The molecular formula is C14H20ClIN6. The maximum atomic E-state index is 5.86. The molecule has 0 amide bonds. The predicted octanol–water partition coefficient (Wildman–Crippen LogP) is 2.26. The van der Waals surface area contributed by atoms with Crippen LogP contribution >= 0.6 is 35.6 Å². The lowest BCUT2D eigenvalue weighted by atomic mass is 10.2. The van der Waals surface area contributed by atoms with E-state index in [2.05, 4.69) is 25.8 Å². The van der Waals surface area contributed by atoms with Crippen molar-refractivity contribution in [2.45, 2.75) is 20.0 Å². The van der Waals surface area contributed by atoms with Crippen molar-refractivity contribution in [3.63, 3.8) is 0 Å². The van der Waals surface area contributed by atoms with Gasteiger partial charge in [-0.25, -0.2) is 0 Å². The van der Waals surface area contributed by atoms with E-state index < -0.39 is 0 Å². The lowest BCUT2D eigenvalue weighted by Crippen LogP contribution is -2.36. The van der Waals surface area contributed by atoms with Crippen LogP contribution in [0.15, 0.2) is 29.3 Å². The van der Waals surface area contributed by atoms with Gasteiger partial charge in [-0.2, -0.15) is 0 Å². The topological polar surface area (TPSA) is 67.1 Å². The third kappa shape index (κ3) is 5.13. The first-order valence-corrected chi connectivity index (χ1v) is 7.01. The summed E-state index contributed by atoms with van der Waals surface area (Å²) < 4.78 is 1.94. The van der Waals surface area contributed by atoms with E-state index >= 15 is 0 Å². The Morgan fingerprint density at radius 2 is 1.82 bits per heavy atom. The Morgan fingerprint density at radius 1 is 1.18 bits per heavy atom. The molecule has 120 valence electrons. The molecule has 0 aliphatic heterocycles. The predicted molar refractivity (Wildman–Crippen MR) is 99.6 cm³/mol. The Hall–Kier alpha value is -1.35. The molecule has 22 heavy (non-hydrogen) atoms. The van der Waals surface area contributed by atoms with Crippen molar-refractivity contribution in [1.29, 1.82) is 0 Å². The van der Waals surface area contributed by atoms with Gasteiger partial charge < -0.3 is 15.2 Å². The summed E-state index contributed by atoms with van der Waals surface area (Å²) in [6.45, 7) is 3.16. The van der Waals surface area contributed by atoms with Crippen LogP contribution in [0, 0.1) is 6.92 Å². The maximum Gasteiger partial charge on any atom is 0.191 e. The van der Waals surface area contributed by atoms with Crippen LogP contribution in [0.2, 0.25) is 5.02 Å². The second-order valence-electron chi connectivity index (χ2n) is 4.63. The van der Waals surface area contributed by atoms with Gasteiger partial charge in [-0.1, -0.05) is 23.7 Å². The molecule has 0 fully saturated rings. The first-order valence-electron chi connectivity index (χ1n) is 6.64. The zero-order valence-electron chi connectivity index (χ0n) is 12.8.